The third-order valence-electron chi connectivity index (χ3n) is 3.37. The van der Waals surface area contributed by atoms with Crippen molar-refractivity contribution in [2.45, 2.75) is 12.8 Å². The molecule has 0 rings (SSSR count). The highest BCUT2D eigenvalue weighted by molar-refractivity contribution is 7.80. The summed E-state index contributed by atoms with van der Waals surface area (Å²) in [6.07, 6.45) is 0.752. The van der Waals surface area contributed by atoms with Crippen LogP contribution in [0.3, 0.4) is 0 Å². The first-order valence-corrected chi connectivity index (χ1v) is 9.19. The van der Waals surface area contributed by atoms with Crippen LogP contribution in [0.25, 0.3) is 0 Å². The maximum atomic E-state index is 8.86. The Bertz CT molecular complexity index is 448. The molecule has 0 atom stereocenters. The van der Waals surface area contributed by atoms with Gasteiger partial charge < -0.3 is 29.9 Å². The van der Waals surface area contributed by atoms with Crippen LogP contribution in [0.15, 0.2) is 0 Å². The van der Waals surface area contributed by atoms with Gasteiger partial charge in [0.05, 0.1) is 38.2 Å². The zero-order valence-electron chi connectivity index (χ0n) is 15.5. The molecule has 0 aromatic rings. The van der Waals surface area contributed by atoms with E-state index in [0.29, 0.717) is 75.5 Å². The summed E-state index contributed by atoms with van der Waals surface area (Å²) in [6, 6.07) is 4.27. The van der Waals surface area contributed by atoms with E-state index in [1.165, 1.54) is 0 Å². The second-order valence-electron chi connectivity index (χ2n) is 5.24. The molecule has 0 bridgehead atoms. The predicted octanol–water partition coefficient (Wildman–Crippen LogP) is 0.460. The van der Waals surface area contributed by atoms with Crippen LogP contribution in [0, 0.1) is 22.7 Å². The summed E-state index contributed by atoms with van der Waals surface area (Å²) in [6.45, 7) is 4.57. The van der Waals surface area contributed by atoms with Crippen LogP contribution in [-0.2, 0) is 9.47 Å². The molecule has 26 heavy (non-hydrogen) atoms. The first kappa shape index (κ1) is 24.3. The second kappa shape index (κ2) is 16.7. The maximum absolute atomic E-state index is 8.86. The fraction of sp³-hybridized carbons (Fsp3) is 0.750. The van der Waals surface area contributed by atoms with Crippen LogP contribution < -0.4 is 10.6 Å². The van der Waals surface area contributed by atoms with Crippen LogP contribution in [-0.4, -0.2) is 86.7 Å². The van der Waals surface area contributed by atoms with Gasteiger partial charge in [0.25, 0.3) is 0 Å². The molecule has 146 valence electrons. The highest BCUT2D eigenvalue weighted by atomic mass is 32.1. The molecule has 0 aliphatic heterocycles. The molecular weight excluding hydrogens is 372 g/mol. The van der Waals surface area contributed by atoms with Crippen LogP contribution in [0.2, 0.25) is 0 Å². The average Bonchev–Trinajstić information content (AvgIpc) is 2.64. The van der Waals surface area contributed by atoms with Gasteiger partial charge in [0.2, 0.25) is 0 Å². The van der Waals surface area contributed by atoms with Crippen molar-refractivity contribution in [3.63, 3.8) is 0 Å². The standard InChI is InChI=1S/C16H28N6O2S2/c1-23-13-7-19-15(25)21(9-3-5-17)11-12-22(10-4-6-18)16(26)20-8-14-24-2/h3-4,7-14H2,1-2H3,(H,19,25)(H,20,26). The molecule has 0 spiro atoms. The smallest absolute Gasteiger partial charge is 0.169 e. The molecule has 0 aliphatic rings. The maximum Gasteiger partial charge on any atom is 0.169 e. The van der Waals surface area contributed by atoms with E-state index in [-0.39, 0.29) is 0 Å². The Morgan fingerprint density at radius 1 is 0.808 bits per heavy atom. The Morgan fingerprint density at radius 2 is 1.19 bits per heavy atom. The number of nitriles is 2. The fourth-order valence-electron chi connectivity index (χ4n) is 1.98. The van der Waals surface area contributed by atoms with Gasteiger partial charge in [0.15, 0.2) is 10.2 Å². The van der Waals surface area contributed by atoms with E-state index in [9.17, 15) is 0 Å². The number of methoxy groups -OCH3 is 2. The Labute approximate surface area is 167 Å². The quantitative estimate of drug-likeness (QED) is 0.335. The topological polar surface area (TPSA) is 96.6 Å². The SMILES string of the molecule is COCCNC(=S)N(CCC#N)CCN(CCC#N)C(=S)NCCOC. The lowest BCUT2D eigenvalue weighted by molar-refractivity contribution is 0.202. The van der Waals surface area contributed by atoms with Gasteiger partial charge in [-0.2, -0.15) is 10.5 Å². The lowest BCUT2D eigenvalue weighted by Gasteiger charge is -2.30. The Morgan fingerprint density at radius 3 is 1.50 bits per heavy atom. The molecule has 8 nitrogen and oxygen atoms in total. The van der Waals surface area contributed by atoms with Crippen LogP contribution in [0.4, 0.5) is 0 Å². The van der Waals surface area contributed by atoms with E-state index < -0.39 is 0 Å². The van der Waals surface area contributed by atoms with Gasteiger partial charge in [-0.05, 0) is 24.4 Å². The minimum absolute atomic E-state index is 0.376. The number of rotatable bonds is 13. The van der Waals surface area contributed by atoms with Gasteiger partial charge in [-0.1, -0.05) is 0 Å². The molecule has 0 heterocycles. The summed E-state index contributed by atoms with van der Waals surface area (Å²) in [7, 11) is 3.26. The molecule has 0 aromatic carbocycles. The molecule has 0 radical (unpaired) electrons. The summed E-state index contributed by atoms with van der Waals surface area (Å²) in [4.78, 5) is 3.87. The summed E-state index contributed by atoms with van der Waals surface area (Å²) < 4.78 is 10.0. The third kappa shape index (κ3) is 11.8. The molecule has 0 aromatic heterocycles. The number of hydrogen-bond acceptors (Lipinski definition) is 6. The number of thiocarbonyl (C=S) groups is 2. The van der Waals surface area contributed by atoms with Gasteiger partial charge >= 0.3 is 0 Å². The van der Waals surface area contributed by atoms with Crippen molar-refractivity contribution in [3.8, 4) is 12.1 Å². The average molecular weight is 401 g/mol. The molecule has 0 aliphatic carbocycles. The molecule has 0 unspecified atom stereocenters. The van der Waals surface area contributed by atoms with Gasteiger partial charge in [0, 0.05) is 53.5 Å². The monoisotopic (exact) mass is 400 g/mol. The first-order valence-electron chi connectivity index (χ1n) is 8.38. The molecule has 0 saturated carbocycles. The van der Waals surface area contributed by atoms with Crippen LogP contribution >= 0.6 is 24.4 Å². The van der Waals surface area contributed by atoms with Gasteiger partial charge in [-0.25, -0.2) is 0 Å². The summed E-state index contributed by atoms with van der Waals surface area (Å²) in [5, 5.41) is 25.1. The second-order valence-corrected chi connectivity index (χ2v) is 6.01. The highest BCUT2D eigenvalue weighted by Crippen LogP contribution is 1.99. The minimum Gasteiger partial charge on any atom is -0.383 e. The van der Waals surface area contributed by atoms with E-state index in [2.05, 4.69) is 22.8 Å². The third-order valence-corrected chi connectivity index (χ3v) is 4.17. The molecule has 2 N–H and O–H groups in total. The van der Waals surface area contributed by atoms with Crippen molar-refractivity contribution in [1.29, 1.82) is 10.5 Å². The Kier molecular flexibility index (Phi) is 15.6. The fourth-order valence-corrected chi connectivity index (χ4v) is 2.55. The first-order chi connectivity index (χ1) is 12.6. The van der Waals surface area contributed by atoms with E-state index in [1.54, 1.807) is 14.2 Å². The summed E-state index contributed by atoms with van der Waals surface area (Å²) >= 11 is 10.8. The number of ether oxygens (including phenoxy) is 2. The van der Waals surface area contributed by atoms with E-state index in [0.717, 1.165) is 0 Å². The number of nitrogens with one attached hydrogen (secondary N) is 2. The molecule has 0 fully saturated rings. The van der Waals surface area contributed by atoms with Crippen LogP contribution in [0.1, 0.15) is 12.8 Å². The van der Waals surface area contributed by atoms with Gasteiger partial charge in [-0.15, -0.1) is 0 Å². The summed E-state index contributed by atoms with van der Waals surface area (Å²) in [5.74, 6) is 0. The van der Waals surface area contributed by atoms with Crippen molar-refractivity contribution >= 4 is 34.7 Å². The van der Waals surface area contributed by atoms with Crippen molar-refractivity contribution in [2.75, 3.05) is 66.7 Å². The predicted molar refractivity (Wildman–Crippen MR) is 109 cm³/mol. The van der Waals surface area contributed by atoms with Crippen molar-refractivity contribution in [3.05, 3.63) is 0 Å². The zero-order valence-corrected chi connectivity index (χ0v) is 17.1. The van der Waals surface area contributed by atoms with Crippen molar-refractivity contribution in [2.24, 2.45) is 0 Å². The molecule has 0 amide bonds. The highest BCUT2D eigenvalue weighted by Gasteiger charge is 2.14. The number of hydrogen-bond donors (Lipinski definition) is 2. The lowest BCUT2D eigenvalue weighted by Crippen LogP contribution is -2.48. The molecular formula is C16H28N6O2S2. The van der Waals surface area contributed by atoms with Crippen molar-refractivity contribution < 1.29 is 9.47 Å². The van der Waals surface area contributed by atoms with Gasteiger partial charge in [-0.3, -0.25) is 0 Å². The van der Waals surface area contributed by atoms with E-state index in [4.69, 9.17) is 44.4 Å². The lowest BCUT2D eigenvalue weighted by atomic mass is 10.3. The molecule has 0 saturated heterocycles. The van der Waals surface area contributed by atoms with E-state index >= 15 is 0 Å². The zero-order chi connectivity index (χ0) is 19.6. The largest absolute Gasteiger partial charge is 0.383 e. The Balaban J connectivity index is 4.69. The normalized spacial score (nSPS) is 9.69. The van der Waals surface area contributed by atoms with Crippen molar-refractivity contribution in [1.82, 2.24) is 20.4 Å². The summed E-state index contributed by atoms with van der Waals surface area (Å²) in [5.41, 5.74) is 0. The number of nitrogens with zero attached hydrogens (tertiary/aromatic N) is 4. The van der Waals surface area contributed by atoms with Gasteiger partial charge in [0.1, 0.15) is 0 Å². The van der Waals surface area contributed by atoms with Crippen LogP contribution in [0.5, 0.6) is 0 Å². The van der Waals surface area contributed by atoms with E-state index in [1.807, 2.05) is 9.80 Å². The molecule has 10 heteroatoms. The minimum atomic E-state index is 0.376. The Hall–Kier alpha value is -1.72.